The van der Waals surface area contributed by atoms with Crippen LogP contribution in [0, 0.1) is 0 Å². The van der Waals surface area contributed by atoms with Crippen molar-refractivity contribution in [3.05, 3.63) is 65.7 Å². The molecule has 156 valence electrons. The molecule has 29 heavy (non-hydrogen) atoms. The quantitative estimate of drug-likeness (QED) is 0.696. The number of nitrogens with one attached hydrogen (secondary N) is 1. The molecule has 0 heterocycles. The predicted molar refractivity (Wildman–Crippen MR) is 108 cm³/mol. The van der Waals surface area contributed by atoms with Gasteiger partial charge in [0.1, 0.15) is 24.1 Å². The monoisotopic (exact) mass is 401 g/mol. The Hall–Kier alpha value is -3.06. The average molecular weight is 401 g/mol. The number of alkyl carbamates (subject to hydrolysis) is 1. The lowest BCUT2D eigenvalue weighted by molar-refractivity contribution is -0.143. The Kier molecular flexibility index (Phi) is 7.61. The number of ether oxygens (including phenoxy) is 3. The zero-order valence-corrected chi connectivity index (χ0v) is 17.0. The molecule has 7 heteroatoms. The van der Waals surface area contributed by atoms with E-state index in [0.29, 0.717) is 17.9 Å². The van der Waals surface area contributed by atoms with Gasteiger partial charge in [0, 0.05) is 7.11 Å². The number of carbonyl (C=O) groups excluding carboxylic acids is 1. The number of benzene rings is 2. The number of carboxylic acids is 1. The fourth-order valence-corrected chi connectivity index (χ4v) is 2.66. The van der Waals surface area contributed by atoms with Crippen LogP contribution in [-0.2, 0) is 20.9 Å². The normalized spacial score (nSPS) is 13.2. The molecule has 0 radical (unpaired) electrons. The Morgan fingerprint density at radius 2 is 1.66 bits per heavy atom. The largest absolute Gasteiger partial charge is 0.489 e. The third-order valence-electron chi connectivity index (χ3n) is 3.95. The molecular formula is C22H27NO6. The van der Waals surface area contributed by atoms with E-state index in [1.807, 2.05) is 30.3 Å². The first-order valence-electron chi connectivity index (χ1n) is 9.21. The average Bonchev–Trinajstić information content (AvgIpc) is 2.66. The molecule has 2 aromatic rings. The Morgan fingerprint density at radius 1 is 1.03 bits per heavy atom. The minimum absolute atomic E-state index is 0.422. The number of methoxy groups -OCH3 is 1. The lowest BCUT2D eigenvalue weighted by Crippen LogP contribution is -2.47. The molecule has 0 aliphatic rings. The summed E-state index contributed by atoms with van der Waals surface area (Å²) < 4.78 is 16.3. The molecule has 7 nitrogen and oxygen atoms in total. The summed E-state index contributed by atoms with van der Waals surface area (Å²) in [5, 5.41) is 11.9. The van der Waals surface area contributed by atoms with E-state index in [1.54, 1.807) is 45.0 Å². The highest BCUT2D eigenvalue weighted by molar-refractivity contribution is 5.81. The van der Waals surface area contributed by atoms with Crippen LogP contribution >= 0.6 is 0 Å². The summed E-state index contributed by atoms with van der Waals surface area (Å²) in [5.74, 6) is -0.591. The van der Waals surface area contributed by atoms with Crippen LogP contribution in [0.25, 0.3) is 0 Å². The van der Waals surface area contributed by atoms with Gasteiger partial charge in [-0.2, -0.15) is 0 Å². The van der Waals surface area contributed by atoms with Crippen molar-refractivity contribution in [2.45, 2.75) is 45.1 Å². The van der Waals surface area contributed by atoms with Crippen LogP contribution in [0.4, 0.5) is 4.79 Å². The van der Waals surface area contributed by atoms with E-state index in [-0.39, 0.29) is 0 Å². The number of amides is 1. The van der Waals surface area contributed by atoms with Crippen LogP contribution in [0.2, 0.25) is 0 Å². The molecule has 2 N–H and O–H groups in total. The van der Waals surface area contributed by atoms with Crippen molar-refractivity contribution < 1.29 is 28.9 Å². The molecule has 0 bridgehead atoms. The van der Waals surface area contributed by atoms with Crippen molar-refractivity contribution in [1.82, 2.24) is 5.32 Å². The van der Waals surface area contributed by atoms with E-state index in [9.17, 15) is 14.7 Å². The molecular weight excluding hydrogens is 374 g/mol. The summed E-state index contributed by atoms with van der Waals surface area (Å²) >= 11 is 0. The summed E-state index contributed by atoms with van der Waals surface area (Å²) in [6.07, 6.45) is -1.72. The summed E-state index contributed by atoms with van der Waals surface area (Å²) in [6, 6.07) is 15.3. The van der Waals surface area contributed by atoms with Gasteiger partial charge < -0.3 is 24.6 Å². The van der Waals surface area contributed by atoms with Crippen molar-refractivity contribution in [1.29, 1.82) is 0 Å². The topological polar surface area (TPSA) is 94.1 Å². The minimum Gasteiger partial charge on any atom is -0.489 e. The fraction of sp³-hybridized carbons (Fsp3) is 0.364. The summed E-state index contributed by atoms with van der Waals surface area (Å²) in [5.41, 5.74) is 0.884. The maximum atomic E-state index is 12.0. The molecule has 1 amide bonds. The van der Waals surface area contributed by atoms with Gasteiger partial charge in [0.05, 0.1) is 0 Å². The minimum atomic E-state index is -1.31. The maximum absolute atomic E-state index is 12.0. The van der Waals surface area contributed by atoms with Crippen molar-refractivity contribution >= 4 is 12.1 Å². The highest BCUT2D eigenvalue weighted by atomic mass is 16.6. The number of hydrogen-bond acceptors (Lipinski definition) is 5. The van der Waals surface area contributed by atoms with Crippen LogP contribution < -0.4 is 10.1 Å². The van der Waals surface area contributed by atoms with Gasteiger partial charge in [-0.05, 0) is 44.0 Å². The van der Waals surface area contributed by atoms with Gasteiger partial charge in [-0.15, -0.1) is 0 Å². The molecule has 0 aromatic heterocycles. The Morgan fingerprint density at radius 3 is 2.17 bits per heavy atom. The van der Waals surface area contributed by atoms with Crippen molar-refractivity contribution in [2.24, 2.45) is 0 Å². The van der Waals surface area contributed by atoms with E-state index >= 15 is 0 Å². The van der Waals surface area contributed by atoms with Crippen molar-refractivity contribution in [2.75, 3.05) is 7.11 Å². The van der Waals surface area contributed by atoms with Crippen LogP contribution in [0.3, 0.4) is 0 Å². The first-order chi connectivity index (χ1) is 13.7. The van der Waals surface area contributed by atoms with Crippen LogP contribution in [0.15, 0.2) is 54.6 Å². The van der Waals surface area contributed by atoms with Crippen LogP contribution in [-0.4, -0.2) is 35.9 Å². The van der Waals surface area contributed by atoms with Gasteiger partial charge in [0.2, 0.25) is 0 Å². The number of aliphatic carboxylic acids is 1. The molecule has 0 unspecified atom stereocenters. The van der Waals surface area contributed by atoms with Gasteiger partial charge in [-0.3, -0.25) is 0 Å². The maximum Gasteiger partial charge on any atom is 0.408 e. The highest BCUT2D eigenvalue weighted by Gasteiger charge is 2.32. The molecule has 0 spiro atoms. The lowest BCUT2D eigenvalue weighted by Gasteiger charge is -2.26. The van der Waals surface area contributed by atoms with Crippen molar-refractivity contribution in [3.8, 4) is 5.75 Å². The van der Waals surface area contributed by atoms with Crippen LogP contribution in [0.5, 0.6) is 5.75 Å². The van der Waals surface area contributed by atoms with E-state index in [1.165, 1.54) is 7.11 Å². The van der Waals surface area contributed by atoms with E-state index in [4.69, 9.17) is 14.2 Å². The van der Waals surface area contributed by atoms with Gasteiger partial charge in [0.15, 0.2) is 6.04 Å². The van der Waals surface area contributed by atoms with Gasteiger partial charge in [-0.25, -0.2) is 9.59 Å². The summed E-state index contributed by atoms with van der Waals surface area (Å²) in [7, 11) is 1.39. The molecule has 2 atom stereocenters. The standard InChI is InChI=1S/C22H27NO6/c1-22(2,3)29-21(26)23-18(20(24)25)19(27-4)16-10-12-17(13-11-16)28-14-15-8-6-5-7-9-15/h5-13,18-19H,14H2,1-4H3,(H,23,26)(H,24,25)/t18-,19-/m0/s1. The second-order valence-corrected chi connectivity index (χ2v) is 7.46. The fourth-order valence-electron chi connectivity index (χ4n) is 2.66. The summed E-state index contributed by atoms with van der Waals surface area (Å²) in [4.78, 5) is 23.8. The predicted octanol–water partition coefficient (Wildman–Crippen LogP) is 3.93. The lowest BCUT2D eigenvalue weighted by atomic mass is 10.0. The number of rotatable bonds is 8. The number of carboxylic acid groups (broad SMARTS) is 1. The molecule has 0 fully saturated rings. The Labute approximate surface area is 170 Å². The highest BCUT2D eigenvalue weighted by Crippen LogP contribution is 2.24. The molecule has 0 saturated heterocycles. The SMILES string of the molecule is CO[C@@H](c1ccc(OCc2ccccc2)cc1)[C@H](NC(=O)OC(C)(C)C)C(=O)O. The van der Waals surface area contributed by atoms with Gasteiger partial charge >= 0.3 is 12.1 Å². The molecule has 0 saturated carbocycles. The zero-order valence-electron chi connectivity index (χ0n) is 17.0. The number of hydrogen-bond donors (Lipinski definition) is 2. The smallest absolute Gasteiger partial charge is 0.408 e. The Balaban J connectivity index is 2.07. The number of carbonyl (C=O) groups is 2. The Bertz CT molecular complexity index is 798. The van der Waals surface area contributed by atoms with Gasteiger partial charge in [-0.1, -0.05) is 42.5 Å². The van der Waals surface area contributed by atoms with E-state index in [2.05, 4.69) is 5.32 Å². The van der Waals surface area contributed by atoms with Crippen molar-refractivity contribution in [3.63, 3.8) is 0 Å². The second-order valence-electron chi connectivity index (χ2n) is 7.46. The first kappa shape index (κ1) is 22.2. The van der Waals surface area contributed by atoms with E-state index in [0.717, 1.165) is 5.56 Å². The summed E-state index contributed by atoms with van der Waals surface area (Å²) in [6.45, 7) is 5.52. The third kappa shape index (κ3) is 7.12. The zero-order chi connectivity index (χ0) is 21.4. The molecule has 2 aromatic carbocycles. The third-order valence-corrected chi connectivity index (χ3v) is 3.95. The van der Waals surface area contributed by atoms with Gasteiger partial charge in [0.25, 0.3) is 0 Å². The first-order valence-corrected chi connectivity index (χ1v) is 9.21. The molecule has 0 aliphatic heterocycles. The molecule has 0 aliphatic carbocycles. The second kappa shape index (κ2) is 9.93. The van der Waals surface area contributed by atoms with Crippen LogP contribution in [0.1, 0.15) is 38.0 Å². The molecule has 2 rings (SSSR count). The van der Waals surface area contributed by atoms with E-state index < -0.39 is 29.8 Å².